The van der Waals surface area contributed by atoms with Gasteiger partial charge in [0.05, 0.1) is 16.0 Å². The van der Waals surface area contributed by atoms with E-state index in [0.717, 1.165) is 5.56 Å². The van der Waals surface area contributed by atoms with E-state index in [0.29, 0.717) is 12.4 Å². The molecule has 4 rings (SSSR count). The van der Waals surface area contributed by atoms with Crippen LogP contribution in [0.4, 0.5) is 11.4 Å². The summed E-state index contributed by atoms with van der Waals surface area (Å²) in [7, 11) is 0. The normalized spacial score (nSPS) is 13.2. The summed E-state index contributed by atoms with van der Waals surface area (Å²) in [5.41, 5.74) is 2.98. The molecule has 2 aromatic carbocycles. The zero-order chi connectivity index (χ0) is 14.4. The molecule has 0 N–H and O–H groups in total. The first-order chi connectivity index (χ1) is 10.2. The van der Waals surface area contributed by atoms with Crippen LogP contribution < -0.4 is 0 Å². The van der Waals surface area contributed by atoms with Crippen LogP contribution in [0.3, 0.4) is 0 Å². The highest BCUT2D eigenvalue weighted by Crippen LogP contribution is 2.30. The van der Waals surface area contributed by atoms with E-state index in [1.165, 1.54) is 17.0 Å². The summed E-state index contributed by atoms with van der Waals surface area (Å²) in [5.74, 6) is 0. The van der Waals surface area contributed by atoms with Gasteiger partial charge in [-0.3, -0.25) is 14.7 Å². The van der Waals surface area contributed by atoms with Crippen LogP contribution in [0.5, 0.6) is 0 Å². The third kappa shape index (κ3) is 1.74. The van der Waals surface area contributed by atoms with Gasteiger partial charge in [0, 0.05) is 23.7 Å². The number of hydrogen-bond donors (Lipinski definition) is 0. The molecule has 0 saturated carbocycles. The van der Waals surface area contributed by atoms with Crippen molar-refractivity contribution in [3.63, 3.8) is 0 Å². The second-order valence-electron chi connectivity index (χ2n) is 5.06. The second kappa shape index (κ2) is 4.28. The van der Waals surface area contributed by atoms with Crippen molar-refractivity contribution in [2.24, 2.45) is 0 Å². The molecule has 3 aromatic rings. The van der Waals surface area contributed by atoms with Crippen molar-refractivity contribution >= 4 is 28.5 Å². The van der Waals surface area contributed by atoms with Crippen molar-refractivity contribution in [3.05, 3.63) is 70.4 Å². The Balaban J connectivity index is 1.93. The van der Waals surface area contributed by atoms with Crippen LogP contribution >= 0.6 is 0 Å². The zero-order valence-corrected chi connectivity index (χ0v) is 11.1. The minimum Gasteiger partial charge on any atom is -0.291 e. The summed E-state index contributed by atoms with van der Waals surface area (Å²) in [4.78, 5) is 10.9. The lowest BCUT2D eigenvalue weighted by Gasteiger charge is -2.12. The van der Waals surface area contributed by atoms with E-state index in [-0.39, 0.29) is 10.6 Å². The summed E-state index contributed by atoms with van der Waals surface area (Å²) in [6.45, 7) is 0.575. The Hall–Kier alpha value is -2.95. The van der Waals surface area contributed by atoms with Gasteiger partial charge >= 0.3 is 5.69 Å². The highest BCUT2D eigenvalue weighted by molar-refractivity contribution is 5.97. The van der Waals surface area contributed by atoms with Crippen molar-refractivity contribution in [1.82, 2.24) is 4.57 Å². The molecule has 0 saturated heterocycles. The van der Waals surface area contributed by atoms with Crippen molar-refractivity contribution in [1.29, 1.82) is 0 Å². The Labute approximate surface area is 120 Å². The molecule has 0 radical (unpaired) electrons. The minimum absolute atomic E-state index is 0.122. The molecule has 21 heavy (non-hydrogen) atoms. The SMILES string of the molecule is O=[N+]([O-])c1ccccc1[N+]1=Cc2cccc3ccn(c23)C1. The number of hydrogen-bond acceptors (Lipinski definition) is 2. The Morgan fingerprint density at radius 3 is 2.81 bits per heavy atom. The first-order valence-electron chi connectivity index (χ1n) is 6.67. The maximum Gasteiger partial charge on any atom is 0.339 e. The molecule has 5 heteroatoms. The fourth-order valence-electron chi connectivity index (χ4n) is 2.89. The number of nitrogens with zero attached hydrogens (tertiary/aromatic N) is 3. The lowest BCUT2D eigenvalue weighted by molar-refractivity contribution is -0.483. The molecule has 5 nitrogen and oxygen atoms in total. The zero-order valence-electron chi connectivity index (χ0n) is 11.1. The third-order valence-corrected chi connectivity index (χ3v) is 3.81. The second-order valence-corrected chi connectivity index (χ2v) is 5.06. The fourth-order valence-corrected chi connectivity index (χ4v) is 2.89. The number of benzene rings is 2. The van der Waals surface area contributed by atoms with E-state index >= 15 is 0 Å². The molecule has 102 valence electrons. The predicted molar refractivity (Wildman–Crippen MR) is 80.1 cm³/mol. The Morgan fingerprint density at radius 2 is 1.95 bits per heavy atom. The molecule has 0 spiro atoms. The lowest BCUT2D eigenvalue weighted by Crippen LogP contribution is -2.19. The van der Waals surface area contributed by atoms with Gasteiger partial charge in [0.2, 0.25) is 6.67 Å². The summed E-state index contributed by atoms with van der Waals surface area (Å²) in [6, 6.07) is 15.0. The van der Waals surface area contributed by atoms with E-state index in [2.05, 4.69) is 16.7 Å². The average molecular weight is 278 g/mol. The molecule has 0 amide bonds. The molecule has 1 aromatic heterocycles. The first-order valence-corrected chi connectivity index (χ1v) is 6.67. The number of para-hydroxylation sites is 3. The van der Waals surface area contributed by atoms with Gasteiger partial charge in [-0.05, 0) is 12.1 Å². The van der Waals surface area contributed by atoms with Crippen LogP contribution in [0.1, 0.15) is 5.56 Å². The lowest BCUT2D eigenvalue weighted by atomic mass is 10.1. The minimum atomic E-state index is -0.338. The van der Waals surface area contributed by atoms with Gasteiger partial charge in [-0.25, -0.2) is 0 Å². The fraction of sp³-hybridized carbons (Fsp3) is 0.0625. The van der Waals surface area contributed by atoms with Gasteiger partial charge in [-0.1, -0.05) is 24.3 Å². The number of aromatic nitrogens is 1. The third-order valence-electron chi connectivity index (χ3n) is 3.81. The van der Waals surface area contributed by atoms with Crippen LogP contribution in [0.2, 0.25) is 0 Å². The highest BCUT2D eigenvalue weighted by Gasteiger charge is 2.26. The topological polar surface area (TPSA) is 51.1 Å². The van der Waals surface area contributed by atoms with Crippen LogP contribution in [0, 0.1) is 10.1 Å². The molecule has 2 heterocycles. The monoisotopic (exact) mass is 278 g/mol. The summed E-state index contributed by atoms with van der Waals surface area (Å²) >= 11 is 0. The summed E-state index contributed by atoms with van der Waals surface area (Å²) < 4.78 is 4.03. The van der Waals surface area contributed by atoms with Gasteiger partial charge in [-0.2, -0.15) is 4.58 Å². The van der Waals surface area contributed by atoms with E-state index in [9.17, 15) is 10.1 Å². The van der Waals surface area contributed by atoms with E-state index in [4.69, 9.17) is 0 Å². The Morgan fingerprint density at radius 1 is 1.10 bits per heavy atom. The molecule has 1 aliphatic rings. The van der Waals surface area contributed by atoms with Crippen LogP contribution in [0.25, 0.3) is 10.9 Å². The van der Waals surface area contributed by atoms with Crippen LogP contribution in [-0.4, -0.2) is 20.3 Å². The standard InChI is InChI=1S/C16H12N3O2/c20-19(21)15-7-2-1-6-14(15)18-10-13-5-3-4-12-8-9-17(11-18)16(12)13/h1-10H,11H2/q+1. The summed E-state index contributed by atoms with van der Waals surface area (Å²) in [6.07, 6.45) is 3.99. The maximum absolute atomic E-state index is 11.2. The molecule has 0 fully saturated rings. The van der Waals surface area contributed by atoms with Crippen LogP contribution in [-0.2, 0) is 6.67 Å². The number of nitro groups is 1. The Bertz CT molecular complexity index is 909. The molecule has 0 unspecified atom stereocenters. The van der Waals surface area contributed by atoms with E-state index in [1.54, 1.807) is 12.1 Å². The smallest absolute Gasteiger partial charge is 0.291 e. The molecule has 0 atom stereocenters. The molecular formula is C16H12N3O2+. The molecule has 1 aliphatic heterocycles. The summed E-state index contributed by atoms with van der Waals surface area (Å²) in [5, 5.41) is 12.4. The van der Waals surface area contributed by atoms with Crippen molar-refractivity contribution in [3.8, 4) is 0 Å². The Kier molecular flexibility index (Phi) is 2.41. The first kappa shape index (κ1) is 11.8. The van der Waals surface area contributed by atoms with Gasteiger partial charge in [0.25, 0.3) is 5.69 Å². The van der Waals surface area contributed by atoms with E-state index < -0.39 is 0 Å². The average Bonchev–Trinajstić information content (AvgIpc) is 2.92. The molecule has 0 aliphatic carbocycles. The van der Waals surface area contributed by atoms with Crippen LogP contribution in [0.15, 0.2) is 54.7 Å². The number of nitro benzene ring substituents is 1. The molecular weight excluding hydrogens is 266 g/mol. The maximum atomic E-state index is 11.2. The van der Waals surface area contributed by atoms with Crippen molar-refractivity contribution < 1.29 is 9.50 Å². The van der Waals surface area contributed by atoms with Gasteiger partial charge < -0.3 is 0 Å². The van der Waals surface area contributed by atoms with Crippen molar-refractivity contribution in [2.45, 2.75) is 6.67 Å². The number of rotatable bonds is 2. The van der Waals surface area contributed by atoms with Gasteiger partial charge in [0.15, 0.2) is 6.21 Å². The largest absolute Gasteiger partial charge is 0.339 e. The van der Waals surface area contributed by atoms with Crippen molar-refractivity contribution in [2.75, 3.05) is 0 Å². The predicted octanol–water partition coefficient (Wildman–Crippen LogP) is 3.28. The quantitative estimate of drug-likeness (QED) is 0.410. The van der Waals surface area contributed by atoms with Gasteiger partial charge in [0.1, 0.15) is 0 Å². The van der Waals surface area contributed by atoms with Gasteiger partial charge in [-0.15, -0.1) is 0 Å². The highest BCUT2D eigenvalue weighted by atomic mass is 16.6. The molecule has 0 bridgehead atoms. The van der Waals surface area contributed by atoms with E-state index in [1.807, 2.05) is 35.2 Å².